The number of hydrogen-bond donors (Lipinski definition) is 2. The highest BCUT2D eigenvalue weighted by Crippen LogP contribution is 2.32. The first-order valence-electron chi connectivity index (χ1n) is 6.01. The molecule has 2 nitrogen and oxygen atoms in total. The molecule has 2 aromatic rings. The summed E-state index contributed by atoms with van der Waals surface area (Å²) in [4.78, 5) is 0. The topological polar surface area (TPSA) is 46.2 Å². The Kier molecular flexibility index (Phi) is 4.53. The van der Waals surface area contributed by atoms with Crippen molar-refractivity contribution in [3.05, 3.63) is 70.5 Å². The Morgan fingerprint density at radius 1 is 1.16 bits per heavy atom. The van der Waals surface area contributed by atoms with Gasteiger partial charge in [-0.2, -0.15) is 0 Å². The number of rotatable bonds is 4. The quantitative estimate of drug-likeness (QED) is 0.902. The molecule has 0 radical (unpaired) electrons. The molecule has 0 bridgehead atoms. The molecule has 3 N–H and O–H groups in total. The van der Waals surface area contributed by atoms with E-state index in [0.717, 1.165) is 5.56 Å². The van der Waals surface area contributed by atoms with Crippen molar-refractivity contribution in [3.63, 3.8) is 0 Å². The number of benzene rings is 2. The van der Waals surface area contributed by atoms with Gasteiger partial charge in [-0.05, 0) is 23.8 Å². The van der Waals surface area contributed by atoms with Gasteiger partial charge in [0.15, 0.2) is 0 Å². The first kappa shape index (κ1) is 14.0. The van der Waals surface area contributed by atoms with Gasteiger partial charge < -0.3 is 10.8 Å². The largest absolute Gasteiger partial charge is 0.388 e. The summed E-state index contributed by atoms with van der Waals surface area (Å²) in [7, 11) is 0. The first-order chi connectivity index (χ1) is 9.13. The third kappa shape index (κ3) is 3.13. The lowest BCUT2D eigenvalue weighted by atomic mass is 9.89. The SMILES string of the molecule is NCC(c1ccccc1)C(O)c1cc(Cl)ccc1F. The van der Waals surface area contributed by atoms with E-state index in [1.54, 1.807) is 0 Å². The Morgan fingerprint density at radius 3 is 2.47 bits per heavy atom. The lowest BCUT2D eigenvalue weighted by Gasteiger charge is -2.22. The standard InChI is InChI=1S/C15H15ClFNO/c16-11-6-7-14(17)12(8-11)15(19)13(9-18)10-4-2-1-3-5-10/h1-8,13,15,19H,9,18H2. The molecule has 0 fully saturated rings. The van der Waals surface area contributed by atoms with E-state index in [0.29, 0.717) is 5.02 Å². The fraction of sp³-hybridized carbons (Fsp3) is 0.200. The van der Waals surface area contributed by atoms with Crippen molar-refractivity contribution in [3.8, 4) is 0 Å². The van der Waals surface area contributed by atoms with Gasteiger partial charge in [-0.15, -0.1) is 0 Å². The van der Waals surface area contributed by atoms with Crippen molar-refractivity contribution in [1.82, 2.24) is 0 Å². The Bertz CT molecular complexity index is 547. The van der Waals surface area contributed by atoms with Crippen LogP contribution in [-0.2, 0) is 0 Å². The molecule has 0 aliphatic heterocycles. The zero-order valence-corrected chi connectivity index (χ0v) is 11.0. The minimum atomic E-state index is -1.02. The van der Waals surface area contributed by atoms with E-state index in [-0.39, 0.29) is 18.0 Å². The molecule has 19 heavy (non-hydrogen) atoms. The number of halogens is 2. The molecule has 100 valence electrons. The highest BCUT2D eigenvalue weighted by atomic mass is 35.5. The maximum absolute atomic E-state index is 13.8. The molecule has 0 aliphatic rings. The van der Waals surface area contributed by atoms with E-state index in [4.69, 9.17) is 17.3 Å². The maximum atomic E-state index is 13.8. The summed E-state index contributed by atoms with van der Waals surface area (Å²) in [6, 6.07) is 13.5. The van der Waals surface area contributed by atoms with Crippen molar-refractivity contribution in [2.75, 3.05) is 6.54 Å². The summed E-state index contributed by atoms with van der Waals surface area (Å²) in [5.74, 6) is -0.847. The van der Waals surface area contributed by atoms with Gasteiger partial charge in [0.25, 0.3) is 0 Å². The molecule has 0 heterocycles. The Labute approximate surface area is 116 Å². The van der Waals surface area contributed by atoms with Gasteiger partial charge in [-0.1, -0.05) is 41.9 Å². The highest BCUT2D eigenvalue weighted by molar-refractivity contribution is 6.30. The molecular formula is C15H15ClFNO. The van der Waals surface area contributed by atoms with Gasteiger partial charge in [-0.3, -0.25) is 0 Å². The van der Waals surface area contributed by atoms with Gasteiger partial charge in [0.2, 0.25) is 0 Å². The maximum Gasteiger partial charge on any atom is 0.129 e. The second-order valence-corrected chi connectivity index (χ2v) is 4.80. The number of aliphatic hydroxyl groups excluding tert-OH is 1. The van der Waals surface area contributed by atoms with Crippen LogP contribution < -0.4 is 5.73 Å². The second kappa shape index (κ2) is 6.15. The van der Waals surface area contributed by atoms with Gasteiger partial charge in [0.1, 0.15) is 5.82 Å². The van der Waals surface area contributed by atoms with E-state index in [1.807, 2.05) is 30.3 Å². The molecule has 2 rings (SSSR count). The lowest BCUT2D eigenvalue weighted by Crippen LogP contribution is -2.21. The van der Waals surface area contributed by atoms with Gasteiger partial charge >= 0.3 is 0 Å². The van der Waals surface area contributed by atoms with Crippen molar-refractivity contribution in [2.45, 2.75) is 12.0 Å². The van der Waals surface area contributed by atoms with Crippen LogP contribution in [0.25, 0.3) is 0 Å². The second-order valence-electron chi connectivity index (χ2n) is 4.36. The fourth-order valence-electron chi connectivity index (χ4n) is 2.11. The third-order valence-electron chi connectivity index (χ3n) is 3.14. The Hall–Kier alpha value is -1.42. The van der Waals surface area contributed by atoms with Gasteiger partial charge in [0, 0.05) is 23.0 Å². The molecule has 0 amide bonds. The van der Waals surface area contributed by atoms with Crippen LogP contribution in [0.3, 0.4) is 0 Å². The number of nitrogens with two attached hydrogens (primary N) is 1. The summed E-state index contributed by atoms with van der Waals surface area (Å²) < 4.78 is 13.8. The van der Waals surface area contributed by atoms with E-state index < -0.39 is 11.9 Å². The lowest BCUT2D eigenvalue weighted by molar-refractivity contribution is 0.143. The van der Waals surface area contributed by atoms with Crippen LogP contribution in [0.2, 0.25) is 5.02 Å². The van der Waals surface area contributed by atoms with Crippen molar-refractivity contribution >= 4 is 11.6 Å². The summed E-state index contributed by atoms with van der Waals surface area (Å²) in [6.07, 6.45) is -1.02. The molecular weight excluding hydrogens is 265 g/mol. The fourth-order valence-corrected chi connectivity index (χ4v) is 2.29. The first-order valence-corrected chi connectivity index (χ1v) is 6.39. The molecule has 4 heteroatoms. The molecule has 0 spiro atoms. The van der Waals surface area contributed by atoms with Gasteiger partial charge in [0.05, 0.1) is 6.10 Å². The average Bonchev–Trinajstić information content (AvgIpc) is 2.43. The zero-order chi connectivity index (χ0) is 13.8. The predicted molar refractivity (Wildman–Crippen MR) is 74.6 cm³/mol. The molecule has 0 saturated carbocycles. The van der Waals surface area contributed by atoms with Crippen LogP contribution in [0.5, 0.6) is 0 Å². The van der Waals surface area contributed by atoms with E-state index >= 15 is 0 Å². The van der Waals surface area contributed by atoms with E-state index in [2.05, 4.69) is 0 Å². The summed E-state index contributed by atoms with van der Waals surface area (Å²) in [5, 5.41) is 10.7. The molecule has 2 unspecified atom stereocenters. The number of aliphatic hydroxyl groups is 1. The van der Waals surface area contributed by atoms with Crippen LogP contribution in [0, 0.1) is 5.82 Å². The van der Waals surface area contributed by atoms with E-state index in [1.165, 1.54) is 18.2 Å². The Balaban J connectivity index is 2.36. The minimum Gasteiger partial charge on any atom is -0.388 e. The molecule has 0 aliphatic carbocycles. The highest BCUT2D eigenvalue weighted by Gasteiger charge is 2.24. The minimum absolute atomic E-state index is 0.173. The van der Waals surface area contributed by atoms with Crippen LogP contribution in [-0.4, -0.2) is 11.7 Å². The Morgan fingerprint density at radius 2 is 1.84 bits per heavy atom. The van der Waals surface area contributed by atoms with Crippen LogP contribution in [0.15, 0.2) is 48.5 Å². The zero-order valence-electron chi connectivity index (χ0n) is 10.3. The molecule has 2 aromatic carbocycles. The summed E-state index contributed by atoms with van der Waals surface area (Å²) in [5.41, 5.74) is 6.76. The molecule has 0 aromatic heterocycles. The van der Waals surface area contributed by atoms with Crippen LogP contribution >= 0.6 is 11.6 Å². The predicted octanol–water partition coefficient (Wildman–Crippen LogP) is 3.26. The average molecular weight is 280 g/mol. The van der Waals surface area contributed by atoms with Crippen molar-refractivity contribution in [1.29, 1.82) is 0 Å². The van der Waals surface area contributed by atoms with E-state index in [9.17, 15) is 9.50 Å². The van der Waals surface area contributed by atoms with Crippen molar-refractivity contribution in [2.24, 2.45) is 5.73 Å². The summed E-state index contributed by atoms with van der Waals surface area (Å²) >= 11 is 5.85. The molecule has 0 saturated heterocycles. The van der Waals surface area contributed by atoms with Gasteiger partial charge in [-0.25, -0.2) is 4.39 Å². The normalized spacial score (nSPS) is 14.1. The summed E-state index contributed by atoms with van der Waals surface area (Å²) in [6.45, 7) is 0.219. The number of hydrogen-bond acceptors (Lipinski definition) is 2. The third-order valence-corrected chi connectivity index (χ3v) is 3.37. The van der Waals surface area contributed by atoms with Crippen molar-refractivity contribution < 1.29 is 9.50 Å². The monoisotopic (exact) mass is 279 g/mol. The molecule has 2 atom stereocenters. The smallest absolute Gasteiger partial charge is 0.129 e. The van der Waals surface area contributed by atoms with Crippen LogP contribution in [0.4, 0.5) is 4.39 Å². The van der Waals surface area contributed by atoms with Crippen LogP contribution in [0.1, 0.15) is 23.1 Å².